The van der Waals surface area contributed by atoms with Crippen LogP contribution in [0.1, 0.15) is 38.3 Å². The summed E-state index contributed by atoms with van der Waals surface area (Å²) >= 11 is 6.25. The van der Waals surface area contributed by atoms with Crippen molar-refractivity contribution in [2.75, 3.05) is 13.1 Å². The van der Waals surface area contributed by atoms with Crippen molar-refractivity contribution in [3.05, 3.63) is 34.9 Å². The van der Waals surface area contributed by atoms with Gasteiger partial charge in [0.05, 0.1) is 12.6 Å². The number of nitrogens with one attached hydrogen (secondary N) is 1. The molecule has 19 heavy (non-hydrogen) atoms. The molecule has 1 amide bonds. The van der Waals surface area contributed by atoms with E-state index in [-0.39, 0.29) is 11.9 Å². The molecule has 104 valence electrons. The molecular formula is C15H21ClN2O. The van der Waals surface area contributed by atoms with Crippen LogP contribution in [0.4, 0.5) is 0 Å². The lowest BCUT2D eigenvalue weighted by atomic mass is 10.0. The summed E-state index contributed by atoms with van der Waals surface area (Å²) in [6, 6.07) is 8.28. The second kappa shape index (κ2) is 6.40. The van der Waals surface area contributed by atoms with E-state index < -0.39 is 0 Å². The predicted molar refractivity (Wildman–Crippen MR) is 78.3 cm³/mol. The highest BCUT2D eigenvalue weighted by molar-refractivity contribution is 6.31. The monoisotopic (exact) mass is 280 g/mol. The lowest BCUT2D eigenvalue weighted by Crippen LogP contribution is -2.39. The normalized spacial score (nSPS) is 19.2. The van der Waals surface area contributed by atoms with Gasteiger partial charge in [-0.3, -0.25) is 4.79 Å². The van der Waals surface area contributed by atoms with E-state index in [1.54, 1.807) is 0 Å². The van der Waals surface area contributed by atoms with E-state index in [2.05, 4.69) is 5.32 Å². The van der Waals surface area contributed by atoms with Crippen LogP contribution in [0.2, 0.25) is 5.02 Å². The predicted octanol–water partition coefficient (Wildman–Crippen LogP) is 3.00. The molecule has 2 rings (SSSR count). The molecule has 1 atom stereocenters. The minimum atomic E-state index is 0.134. The van der Waals surface area contributed by atoms with Crippen molar-refractivity contribution in [1.82, 2.24) is 10.2 Å². The number of rotatable bonds is 4. The standard InChI is InChI=1S/C15H21ClN2O/c1-11(2)17-10-15(19)18-9-5-8-14(18)12-6-3-4-7-13(12)16/h3-4,6-7,11,14,17H,5,8-10H2,1-2H3. The number of hydrogen-bond donors (Lipinski definition) is 1. The highest BCUT2D eigenvalue weighted by Crippen LogP contribution is 2.35. The summed E-state index contributed by atoms with van der Waals surface area (Å²) in [5.74, 6) is 0.163. The molecule has 0 bridgehead atoms. The van der Waals surface area contributed by atoms with Crippen molar-refractivity contribution >= 4 is 17.5 Å². The minimum absolute atomic E-state index is 0.134. The third kappa shape index (κ3) is 3.48. The third-order valence-electron chi connectivity index (χ3n) is 3.50. The highest BCUT2D eigenvalue weighted by atomic mass is 35.5. The molecule has 0 aromatic heterocycles. The van der Waals surface area contributed by atoms with Crippen LogP contribution in [0.15, 0.2) is 24.3 Å². The first-order chi connectivity index (χ1) is 9.09. The van der Waals surface area contributed by atoms with Gasteiger partial charge in [-0.25, -0.2) is 0 Å². The van der Waals surface area contributed by atoms with Gasteiger partial charge in [0.1, 0.15) is 0 Å². The van der Waals surface area contributed by atoms with Gasteiger partial charge in [0.2, 0.25) is 5.91 Å². The van der Waals surface area contributed by atoms with Crippen molar-refractivity contribution < 1.29 is 4.79 Å². The molecule has 1 heterocycles. The first-order valence-electron chi connectivity index (χ1n) is 6.87. The van der Waals surface area contributed by atoms with Crippen LogP contribution < -0.4 is 5.32 Å². The molecule has 1 aromatic rings. The van der Waals surface area contributed by atoms with Crippen LogP contribution in [0.3, 0.4) is 0 Å². The Morgan fingerprint density at radius 3 is 2.89 bits per heavy atom. The Morgan fingerprint density at radius 2 is 2.21 bits per heavy atom. The first-order valence-corrected chi connectivity index (χ1v) is 7.24. The Morgan fingerprint density at radius 1 is 1.47 bits per heavy atom. The Balaban J connectivity index is 2.09. The maximum atomic E-state index is 12.3. The van der Waals surface area contributed by atoms with E-state index in [0.717, 1.165) is 30.0 Å². The van der Waals surface area contributed by atoms with E-state index >= 15 is 0 Å². The van der Waals surface area contributed by atoms with Gasteiger partial charge in [-0.2, -0.15) is 0 Å². The zero-order chi connectivity index (χ0) is 13.8. The van der Waals surface area contributed by atoms with E-state index in [1.807, 2.05) is 43.0 Å². The summed E-state index contributed by atoms with van der Waals surface area (Å²) in [6.45, 7) is 5.32. The number of carbonyl (C=O) groups is 1. The zero-order valence-corrected chi connectivity index (χ0v) is 12.3. The molecule has 0 saturated carbocycles. The Bertz CT molecular complexity index is 448. The van der Waals surface area contributed by atoms with Crippen molar-refractivity contribution in [2.24, 2.45) is 0 Å². The van der Waals surface area contributed by atoms with Gasteiger partial charge in [-0.05, 0) is 24.5 Å². The first kappa shape index (κ1) is 14.4. The van der Waals surface area contributed by atoms with E-state index in [0.29, 0.717) is 12.6 Å². The van der Waals surface area contributed by atoms with Crippen LogP contribution in [-0.4, -0.2) is 29.9 Å². The molecule has 1 fully saturated rings. The summed E-state index contributed by atoms with van der Waals surface area (Å²) in [7, 11) is 0. The second-order valence-electron chi connectivity index (χ2n) is 5.30. The van der Waals surface area contributed by atoms with Gasteiger partial charge in [0, 0.05) is 17.6 Å². The second-order valence-corrected chi connectivity index (χ2v) is 5.71. The van der Waals surface area contributed by atoms with Crippen molar-refractivity contribution in [3.8, 4) is 0 Å². The molecule has 0 aliphatic carbocycles. The molecular weight excluding hydrogens is 260 g/mol. The van der Waals surface area contributed by atoms with Crippen LogP contribution in [0, 0.1) is 0 Å². The molecule has 1 aromatic carbocycles. The quantitative estimate of drug-likeness (QED) is 0.920. The summed E-state index contributed by atoms with van der Waals surface area (Å²) in [5, 5.41) is 3.94. The molecule has 1 aliphatic heterocycles. The number of hydrogen-bond acceptors (Lipinski definition) is 2. The fraction of sp³-hybridized carbons (Fsp3) is 0.533. The lowest BCUT2D eigenvalue weighted by Gasteiger charge is -2.26. The summed E-state index contributed by atoms with van der Waals surface area (Å²) in [4.78, 5) is 14.2. The smallest absolute Gasteiger partial charge is 0.237 e. The largest absolute Gasteiger partial charge is 0.334 e. The number of carbonyl (C=O) groups excluding carboxylic acids is 1. The van der Waals surface area contributed by atoms with Gasteiger partial charge < -0.3 is 10.2 Å². The number of amides is 1. The van der Waals surface area contributed by atoms with Crippen molar-refractivity contribution in [2.45, 2.75) is 38.8 Å². The van der Waals surface area contributed by atoms with E-state index in [9.17, 15) is 4.79 Å². The van der Waals surface area contributed by atoms with Gasteiger partial charge in [0.15, 0.2) is 0 Å². The Hall–Kier alpha value is -1.06. The third-order valence-corrected chi connectivity index (χ3v) is 3.84. The molecule has 3 nitrogen and oxygen atoms in total. The van der Waals surface area contributed by atoms with Gasteiger partial charge in [-0.15, -0.1) is 0 Å². The average Bonchev–Trinajstić information content (AvgIpc) is 2.85. The van der Waals surface area contributed by atoms with Crippen LogP contribution in [0.25, 0.3) is 0 Å². The molecule has 1 aliphatic rings. The van der Waals surface area contributed by atoms with Gasteiger partial charge in [0.25, 0.3) is 0 Å². The number of benzene rings is 1. The number of nitrogens with zero attached hydrogens (tertiary/aromatic N) is 1. The van der Waals surface area contributed by atoms with Crippen LogP contribution >= 0.6 is 11.6 Å². The fourth-order valence-corrected chi connectivity index (χ4v) is 2.79. The maximum Gasteiger partial charge on any atom is 0.237 e. The summed E-state index contributed by atoms with van der Waals surface area (Å²) in [6.07, 6.45) is 2.04. The highest BCUT2D eigenvalue weighted by Gasteiger charge is 2.30. The molecule has 0 spiro atoms. The Kier molecular flexibility index (Phi) is 4.83. The SMILES string of the molecule is CC(C)NCC(=O)N1CCCC1c1ccccc1Cl. The topological polar surface area (TPSA) is 32.3 Å². The molecule has 0 radical (unpaired) electrons. The van der Waals surface area contributed by atoms with Crippen LogP contribution in [0.5, 0.6) is 0 Å². The van der Waals surface area contributed by atoms with Crippen LogP contribution in [-0.2, 0) is 4.79 Å². The van der Waals surface area contributed by atoms with Crippen molar-refractivity contribution in [3.63, 3.8) is 0 Å². The Labute approximate surface area is 119 Å². The molecule has 4 heteroatoms. The minimum Gasteiger partial charge on any atom is -0.334 e. The van der Waals surface area contributed by atoms with E-state index in [1.165, 1.54) is 0 Å². The average molecular weight is 281 g/mol. The summed E-state index contributed by atoms with van der Waals surface area (Å²) < 4.78 is 0. The number of likely N-dealkylation sites (tertiary alicyclic amines) is 1. The molecule has 1 unspecified atom stereocenters. The van der Waals surface area contributed by atoms with Gasteiger partial charge in [-0.1, -0.05) is 43.6 Å². The van der Waals surface area contributed by atoms with Gasteiger partial charge >= 0.3 is 0 Å². The molecule has 1 saturated heterocycles. The molecule has 1 N–H and O–H groups in total. The fourth-order valence-electron chi connectivity index (χ4n) is 2.53. The number of halogens is 1. The summed E-state index contributed by atoms with van der Waals surface area (Å²) in [5.41, 5.74) is 1.07. The zero-order valence-electron chi connectivity index (χ0n) is 11.5. The maximum absolute atomic E-state index is 12.3. The lowest BCUT2D eigenvalue weighted by molar-refractivity contribution is -0.131. The van der Waals surface area contributed by atoms with Crippen molar-refractivity contribution in [1.29, 1.82) is 0 Å². The van der Waals surface area contributed by atoms with E-state index in [4.69, 9.17) is 11.6 Å².